The number of aromatic carboxylic acids is 2. The molecule has 3 N–H and O–H groups in total. The molecule has 0 aliphatic carbocycles. The number of nitrogens with zero attached hydrogens (tertiary/aromatic N) is 1. The molecule has 0 aliphatic heterocycles. The van der Waals surface area contributed by atoms with E-state index in [1.807, 2.05) is 0 Å². The summed E-state index contributed by atoms with van der Waals surface area (Å²) in [7, 11) is 0. The van der Waals surface area contributed by atoms with E-state index in [1.165, 1.54) is 0 Å². The monoisotopic (exact) mass is 239 g/mol. The van der Waals surface area contributed by atoms with Crippen molar-refractivity contribution in [2.45, 2.75) is 0 Å². The van der Waals surface area contributed by atoms with Crippen LogP contribution in [0.2, 0.25) is 0 Å². The van der Waals surface area contributed by atoms with E-state index in [4.69, 9.17) is 15.3 Å². The number of carboxylic acid groups (broad SMARTS) is 2. The van der Waals surface area contributed by atoms with Gasteiger partial charge in [0.15, 0.2) is 5.69 Å². The predicted octanol–water partition coefficient (Wildman–Crippen LogP) is 0.181. The fourth-order valence-corrected chi connectivity index (χ4v) is 0.825. The zero-order valence-corrected chi connectivity index (χ0v) is 7.72. The van der Waals surface area contributed by atoms with E-state index in [0.717, 1.165) is 12.3 Å². The Bertz CT molecular complexity index is 378. The molecule has 14 heavy (non-hydrogen) atoms. The van der Waals surface area contributed by atoms with Gasteiger partial charge in [0.2, 0.25) is 0 Å². The normalized spacial score (nSPS) is 8.86. The molecule has 0 atom stereocenters. The molecular weight excluding hydrogens is 234 g/mol. The quantitative estimate of drug-likeness (QED) is 0.635. The van der Waals surface area contributed by atoms with Gasteiger partial charge in [0.1, 0.15) is 11.3 Å². The summed E-state index contributed by atoms with van der Waals surface area (Å²) in [5.41, 5.74) is -1.37. The maximum absolute atomic E-state index is 10.5. The van der Waals surface area contributed by atoms with Gasteiger partial charge in [-0.2, -0.15) is 0 Å². The molecule has 0 aromatic carbocycles. The zero-order chi connectivity index (χ0) is 10.0. The Morgan fingerprint density at radius 2 is 1.79 bits per heavy atom. The van der Waals surface area contributed by atoms with Gasteiger partial charge in [0.25, 0.3) is 0 Å². The third-order valence-electron chi connectivity index (χ3n) is 1.35. The van der Waals surface area contributed by atoms with Crippen LogP contribution < -0.4 is 0 Å². The molecule has 6 nitrogen and oxygen atoms in total. The van der Waals surface area contributed by atoms with Crippen molar-refractivity contribution < 1.29 is 42.0 Å². The molecule has 0 bridgehead atoms. The van der Waals surface area contributed by atoms with Crippen LogP contribution in [0.4, 0.5) is 0 Å². The van der Waals surface area contributed by atoms with Crippen molar-refractivity contribution in [1.82, 2.24) is 4.98 Å². The molecule has 1 heterocycles. The second-order valence-corrected chi connectivity index (χ2v) is 2.16. The molecule has 7 heteroatoms. The number of hydrogen-bond donors (Lipinski definition) is 3. The predicted molar refractivity (Wildman–Crippen MR) is 39.8 cm³/mol. The van der Waals surface area contributed by atoms with E-state index in [0.29, 0.717) is 0 Å². The van der Waals surface area contributed by atoms with E-state index in [2.05, 4.69) is 4.98 Å². The molecule has 0 amide bonds. The van der Waals surface area contributed by atoms with Gasteiger partial charge in [-0.05, 0) is 6.07 Å². The second kappa shape index (κ2) is 4.59. The minimum Gasteiger partial charge on any atom is -0.507 e. The van der Waals surface area contributed by atoms with Crippen molar-refractivity contribution in [3.8, 4) is 5.75 Å². The summed E-state index contributed by atoms with van der Waals surface area (Å²) >= 11 is 0. The second-order valence-electron chi connectivity index (χ2n) is 2.16. The van der Waals surface area contributed by atoms with Crippen LogP contribution in [0.25, 0.3) is 0 Å². The van der Waals surface area contributed by atoms with Crippen LogP contribution in [0.15, 0.2) is 12.3 Å². The first kappa shape index (κ1) is 12.4. The molecule has 76 valence electrons. The Balaban J connectivity index is 0.00000169. The van der Waals surface area contributed by atoms with E-state index >= 15 is 0 Å². The largest absolute Gasteiger partial charge is 0.507 e. The van der Waals surface area contributed by atoms with Crippen molar-refractivity contribution in [2.75, 3.05) is 0 Å². The topological polar surface area (TPSA) is 108 Å². The van der Waals surface area contributed by atoms with Crippen LogP contribution in [0, 0.1) is 0 Å². The van der Waals surface area contributed by atoms with Gasteiger partial charge in [0, 0.05) is 23.3 Å². The standard InChI is InChI=1S/C7H5NO5.Fe/c9-3-1-2-8-5(7(12)13)4(3)6(10)11;/h1-2H,(H,8,9)(H,10,11)(H,12,13);. The third-order valence-corrected chi connectivity index (χ3v) is 1.35. The fraction of sp³-hybridized carbons (Fsp3) is 0. The summed E-state index contributed by atoms with van der Waals surface area (Å²) in [6.45, 7) is 0. The molecule has 0 spiro atoms. The maximum atomic E-state index is 10.5. The van der Waals surface area contributed by atoms with E-state index in [-0.39, 0.29) is 17.1 Å². The van der Waals surface area contributed by atoms with Crippen molar-refractivity contribution in [3.05, 3.63) is 23.5 Å². The molecule has 0 aliphatic rings. The number of pyridine rings is 1. The van der Waals surface area contributed by atoms with Gasteiger partial charge in [-0.25, -0.2) is 14.6 Å². The molecule has 1 aromatic rings. The van der Waals surface area contributed by atoms with Crippen LogP contribution in [0.1, 0.15) is 20.8 Å². The average molecular weight is 239 g/mol. The first-order valence-electron chi connectivity index (χ1n) is 3.18. The number of hydrogen-bond acceptors (Lipinski definition) is 4. The fourth-order valence-electron chi connectivity index (χ4n) is 0.825. The molecule has 0 saturated carbocycles. The molecule has 0 unspecified atom stereocenters. The molecule has 0 radical (unpaired) electrons. The molecule has 1 rings (SSSR count). The number of carbonyl (C=O) groups is 2. The summed E-state index contributed by atoms with van der Waals surface area (Å²) in [6, 6.07) is 1.01. The minimum absolute atomic E-state index is 0. The zero-order valence-electron chi connectivity index (χ0n) is 6.61. The maximum Gasteiger partial charge on any atom is 0.355 e. The summed E-state index contributed by atoms with van der Waals surface area (Å²) in [4.78, 5) is 24.2. The SMILES string of the molecule is O=C(O)c1nccc(O)c1C(=O)O.[Fe]. The smallest absolute Gasteiger partial charge is 0.355 e. The van der Waals surface area contributed by atoms with Gasteiger partial charge < -0.3 is 15.3 Å². The van der Waals surface area contributed by atoms with Crippen LogP contribution in [0.5, 0.6) is 5.75 Å². The van der Waals surface area contributed by atoms with Crippen LogP contribution >= 0.6 is 0 Å². The van der Waals surface area contributed by atoms with Crippen LogP contribution in [-0.2, 0) is 17.1 Å². The summed E-state index contributed by atoms with van der Waals surface area (Å²) in [5.74, 6) is -3.63. The van der Waals surface area contributed by atoms with Crippen molar-refractivity contribution in [1.29, 1.82) is 0 Å². The molecular formula is C7H5FeNO5. The summed E-state index contributed by atoms with van der Waals surface area (Å²) < 4.78 is 0. The first-order chi connectivity index (χ1) is 6.04. The number of aromatic hydroxyl groups is 1. The Kier molecular flexibility index (Phi) is 4.07. The first-order valence-corrected chi connectivity index (χ1v) is 3.18. The van der Waals surface area contributed by atoms with Crippen molar-refractivity contribution in [2.24, 2.45) is 0 Å². The van der Waals surface area contributed by atoms with E-state index in [9.17, 15) is 9.59 Å². The Hall–Kier alpha value is -1.59. The molecule has 1 aromatic heterocycles. The Morgan fingerprint density at radius 1 is 1.21 bits per heavy atom. The van der Waals surface area contributed by atoms with Gasteiger partial charge >= 0.3 is 11.9 Å². The summed E-state index contributed by atoms with van der Waals surface area (Å²) in [5, 5.41) is 26.1. The van der Waals surface area contributed by atoms with Gasteiger partial charge in [-0.3, -0.25) is 0 Å². The van der Waals surface area contributed by atoms with E-state index in [1.54, 1.807) is 0 Å². The Labute approximate surface area is 88.7 Å². The van der Waals surface area contributed by atoms with Crippen LogP contribution in [-0.4, -0.2) is 32.2 Å². The molecule has 0 saturated heterocycles. The van der Waals surface area contributed by atoms with Gasteiger partial charge in [0.05, 0.1) is 0 Å². The van der Waals surface area contributed by atoms with Gasteiger partial charge in [-0.15, -0.1) is 0 Å². The summed E-state index contributed by atoms with van der Waals surface area (Å²) in [6.07, 6.45) is 1.02. The van der Waals surface area contributed by atoms with Gasteiger partial charge in [-0.1, -0.05) is 0 Å². The number of aromatic nitrogens is 1. The minimum atomic E-state index is -1.52. The van der Waals surface area contributed by atoms with Crippen LogP contribution in [0.3, 0.4) is 0 Å². The average Bonchev–Trinajstić information content (AvgIpc) is 2.02. The van der Waals surface area contributed by atoms with Crippen molar-refractivity contribution in [3.63, 3.8) is 0 Å². The number of rotatable bonds is 2. The Morgan fingerprint density at radius 3 is 2.14 bits per heavy atom. The van der Waals surface area contributed by atoms with Crippen molar-refractivity contribution >= 4 is 11.9 Å². The van der Waals surface area contributed by atoms with E-state index < -0.39 is 28.9 Å². The third kappa shape index (κ3) is 2.21. The number of carboxylic acids is 2. The molecule has 0 fully saturated rings.